The fraction of sp³-hybridized carbons (Fsp3) is 0.696. The minimum atomic E-state index is 0. The lowest BCUT2D eigenvalue weighted by atomic mass is 9.57. The molecule has 170 valence electrons. The van der Waals surface area contributed by atoms with Crippen molar-refractivity contribution in [2.24, 2.45) is 16.3 Å². The highest BCUT2D eigenvalue weighted by Crippen LogP contribution is 2.52. The Balaban J connectivity index is 0.00000320. The molecule has 6 nitrogen and oxygen atoms in total. The molecule has 30 heavy (non-hydrogen) atoms. The van der Waals surface area contributed by atoms with Gasteiger partial charge in [-0.3, -0.25) is 4.99 Å². The average molecular weight is 531 g/mol. The van der Waals surface area contributed by atoms with Crippen LogP contribution in [0.1, 0.15) is 46.1 Å². The van der Waals surface area contributed by atoms with E-state index < -0.39 is 0 Å². The third-order valence-electron chi connectivity index (χ3n) is 6.16. The Morgan fingerprint density at radius 3 is 2.77 bits per heavy atom. The van der Waals surface area contributed by atoms with Crippen LogP contribution in [-0.4, -0.2) is 51.5 Å². The lowest BCUT2D eigenvalue weighted by molar-refractivity contribution is -0.106. The summed E-state index contributed by atoms with van der Waals surface area (Å²) in [6.07, 6.45) is 3.47. The number of guanidine groups is 1. The van der Waals surface area contributed by atoms with E-state index >= 15 is 0 Å². The minimum absolute atomic E-state index is 0. The van der Waals surface area contributed by atoms with E-state index in [2.05, 4.69) is 43.5 Å². The molecule has 1 heterocycles. The van der Waals surface area contributed by atoms with Gasteiger partial charge in [0.05, 0.1) is 19.8 Å². The molecule has 3 atom stereocenters. The summed E-state index contributed by atoms with van der Waals surface area (Å²) in [6.45, 7) is 11.8. The molecule has 1 saturated heterocycles. The second kappa shape index (κ2) is 11.4. The van der Waals surface area contributed by atoms with E-state index in [0.29, 0.717) is 24.7 Å². The molecule has 0 aromatic heterocycles. The molecule has 3 rings (SSSR count). The topological polar surface area (TPSA) is 64.1 Å². The fourth-order valence-electron chi connectivity index (χ4n) is 4.70. The number of ether oxygens (including phenoxy) is 3. The Hall–Kier alpha value is -1.22. The standard InChI is InChI=1S/C23H37N3O3.HI/c1-6-24-22(26-20-17-12-14-29-21(17)23(20,3)4)25-13-8-9-16-10-11-18(27-5)19(15-16)28-7-2;/h10-11,15,17,20-21H,6-9,12-14H2,1-5H3,(H2,24,25,26);1H. The number of nitrogens with zero attached hydrogens (tertiary/aromatic N) is 1. The second-order valence-corrected chi connectivity index (χ2v) is 8.47. The summed E-state index contributed by atoms with van der Waals surface area (Å²) in [6, 6.07) is 6.58. The van der Waals surface area contributed by atoms with Gasteiger partial charge in [-0.05, 0) is 50.8 Å². The molecule has 0 bridgehead atoms. The molecule has 0 radical (unpaired) electrons. The molecular weight excluding hydrogens is 493 g/mol. The van der Waals surface area contributed by atoms with Crippen LogP contribution in [0.2, 0.25) is 0 Å². The molecule has 0 spiro atoms. The zero-order chi connectivity index (χ0) is 20.9. The van der Waals surface area contributed by atoms with Gasteiger partial charge >= 0.3 is 0 Å². The zero-order valence-corrected chi connectivity index (χ0v) is 21.3. The van der Waals surface area contributed by atoms with Crippen molar-refractivity contribution in [2.45, 2.75) is 59.1 Å². The Bertz CT molecular complexity index is 711. The number of aliphatic imine (C=N–C) groups is 1. The van der Waals surface area contributed by atoms with Crippen LogP contribution in [0.4, 0.5) is 0 Å². The predicted octanol–water partition coefficient (Wildman–Crippen LogP) is 4.01. The van der Waals surface area contributed by atoms with E-state index in [1.807, 2.05) is 13.0 Å². The summed E-state index contributed by atoms with van der Waals surface area (Å²) in [7, 11) is 1.67. The van der Waals surface area contributed by atoms with Crippen LogP contribution in [0.5, 0.6) is 11.5 Å². The van der Waals surface area contributed by atoms with Crippen LogP contribution in [0.3, 0.4) is 0 Å². The van der Waals surface area contributed by atoms with Crippen molar-refractivity contribution in [1.29, 1.82) is 0 Å². The maximum atomic E-state index is 5.91. The second-order valence-electron chi connectivity index (χ2n) is 8.47. The van der Waals surface area contributed by atoms with E-state index in [9.17, 15) is 0 Å². The van der Waals surface area contributed by atoms with Gasteiger partial charge in [0.25, 0.3) is 0 Å². The van der Waals surface area contributed by atoms with Crippen LogP contribution in [0.15, 0.2) is 23.2 Å². The van der Waals surface area contributed by atoms with Gasteiger partial charge in [0, 0.05) is 37.1 Å². The SMILES string of the molecule is CCNC(=NCCCc1ccc(OC)c(OCC)c1)NC1C2CCOC2C1(C)C.I. The number of benzene rings is 1. The van der Waals surface area contributed by atoms with Gasteiger partial charge in [0.2, 0.25) is 0 Å². The van der Waals surface area contributed by atoms with Gasteiger partial charge in [-0.25, -0.2) is 0 Å². The van der Waals surface area contributed by atoms with Gasteiger partial charge in [-0.2, -0.15) is 0 Å². The fourth-order valence-corrected chi connectivity index (χ4v) is 4.70. The molecule has 0 amide bonds. The largest absolute Gasteiger partial charge is 0.493 e. The molecular formula is C23H38IN3O3. The Kier molecular flexibility index (Phi) is 9.53. The molecule has 1 aromatic rings. The number of hydrogen-bond acceptors (Lipinski definition) is 4. The van der Waals surface area contributed by atoms with Crippen LogP contribution in [0, 0.1) is 11.3 Å². The predicted molar refractivity (Wildman–Crippen MR) is 132 cm³/mol. The quantitative estimate of drug-likeness (QED) is 0.218. The molecule has 3 unspecified atom stereocenters. The van der Waals surface area contributed by atoms with Crippen molar-refractivity contribution in [1.82, 2.24) is 10.6 Å². The highest BCUT2D eigenvalue weighted by molar-refractivity contribution is 14.0. The van der Waals surface area contributed by atoms with Crippen LogP contribution >= 0.6 is 24.0 Å². The van der Waals surface area contributed by atoms with E-state index in [4.69, 9.17) is 19.2 Å². The van der Waals surface area contributed by atoms with E-state index in [1.54, 1.807) is 7.11 Å². The van der Waals surface area contributed by atoms with Crippen molar-refractivity contribution in [3.63, 3.8) is 0 Å². The Labute approximate surface area is 198 Å². The molecule has 2 N–H and O–H groups in total. The first-order valence-corrected chi connectivity index (χ1v) is 11.0. The Morgan fingerprint density at radius 2 is 2.07 bits per heavy atom. The summed E-state index contributed by atoms with van der Waals surface area (Å²) < 4.78 is 17.0. The first kappa shape index (κ1) is 25.0. The molecule has 2 aliphatic rings. The van der Waals surface area contributed by atoms with Gasteiger partial charge in [0.15, 0.2) is 17.5 Å². The Morgan fingerprint density at radius 1 is 1.27 bits per heavy atom. The number of methoxy groups -OCH3 is 1. The van der Waals surface area contributed by atoms with E-state index in [1.165, 1.54) is 5.56 Å². The van der Waals surface area contributed by atoms with Gasteiger partial charge in [-0.15, -0.1) is 24.0 Å². The summed E-state index contributed by atoms with van der Waals surface area (Å²) in [5.74, 6) is 3.11. The van der Waals surface area contributed by atoms with E-state index in [-0.39, 0.29) is 29.4 Å². The molecule has 7 heteroatoms. The monoisotopic (exact) mass is 531 g/mol. The maximum Gasteiger partial charge on any atom is 0.191 e. The molecule has 2 fully saturated rings. The van der Waals surface area contributed by atoms with Crippen molar-refractivity contribution < 1.29 is 14.2 Å². The third-order valence-corrected chi connectivity index (χ3v) is 6.16. The first-order valence-electron chi connectivity index (χ1n) is 11.0. The lowest BCUT2D eigenvalue weighted by Crippen LogP contribution is -2.67. The number of rotatable bonds is 9. The van der Waals surface area contributed by atoms with Crippen molar-refractivity contribution in [2.75, 3.05) is 33.4 Å². The van der Waals surface area contributed by atoms with Crippen molar-refractivity contribution in [3.05, 3.63) is 23.8 Å². The number of nitrogens with one attached hydrogen (secondary N) is 2. The van der Waals surface area contributed by atoms with Crippen LogP contribution in [-0.2, 0) is 11.2 Å². The zero-order valence-electron chi connectivity index (χ0n) is 19.0. The van der Waals surface area contributed by atoms with E-state index in [0.717, 1.165) is 56.4 Å². The van der Waals surface area contributed by atoms with Gasteiger partial charge in [0.1, 0.15) is 0 Å². The highest BCUT2D eigenvalue weighted by Gasteiger charge is 2.59. The van der Waals surface area contributed by atoms with Crippen LogP contribution in [0.25, 0.3) is 0 Å². The summed E-state index contributed by atoms with van der Waals surface area (Å²) in [5, 5.41) is 7.08. The first-order chi connectivity index (χ1) is 14.0. The van der Waals surface area contributed by atoms with Gasteiger partial charge in [-0.1, -0.05) is 19.9 Å². The smallest absolute Gasteiger partial charge is 0.191 e. The number of aryl methyl sites for hydroxylation is 1. The minimum Gasteiger partial charge on any atom is -0.493 e. The van der Waals surface area contributed by atoms with Crippen LogP contribution < -0.4 is 20.1 Å². The van der Waals surface area contributed by atoms with Gasteiger partial charge < -0.3 is 24.8 Å². The maximum absolute atomic E-state index is 5.91. The van der Waals surface area contributed by atoms with Crippen molar-refractivity contribution in [3.8, 4) is 11.5 Å². The summed E-state index contributed by atoms with van der Waals surface area (Å²) >= 11 is 0. The third kappa shape index (κ3) is 5.52. The molecule has 1 aliphatic carbocycles. The molecule has 1 aromatic carbocycles. The average Bonchev–Trinajstić information content (AvgIpc) is 3.17. The van der Waals surface area contributed by atoms with Crippen molar-refractivity contribution >= 4 is 29.9 Å². The molecule has 1 aliphatic heterocycles. The summed E-state index contributed by atoms with van der Waals surface area (Å²) in [4.78, 5) is 4.82. The molecule has 1 saturated carbocycles. The highest BCUT2D eigenvalue weighted by atomic mass is 127. The summed E-state index contributed by atoms with van der Waals surface area (Å²) in [5.41, 5.74) is 1.39. The number of fused-ring (bicyclic) bond motifs is 1. The normalized spacial score (nSPS) is 24.3. The number of halogens is 1. The lowest BCUT2D eigenvalue weighted by Gasteiger charge is -2.54. The number of hydrogen-bond donors (Lipinski definition) is 2.